The molecule has 0 spiro atoms. The Morgan fingerprint density at radius 1 is 1.44 bits per heavy atom. The van der Waals surface area contributed by atoms with Crippen LogP contribution >= 0.6 is 12.4 Å². The van der Waals surface area contributed by atoms with Crippen LogP contribution in [0.25, 0.3) is 0 Å². The zero-order valence-corrected chi connectivity index (χ0v) is 10.9. The number of hydrogen-bond acceptors (Lipinski definition) is 2. The molecule has 0 aromatic carbocycles. The molecule has 1 aliphatic carbocycles. The van der Waals surface area contributed by atoms with E-state index in [9.17, 15) is 4.79 Å². The summed E-state index contributed by atoms with van der Waals surface area (Å²) in [5.41, 5.74) is -0.00253. The van der Waals surface area contributed by atoms with Crippen molar-refractivity contribution >= 4 is 18.3 Å². The number of carbonyl (C=O) groups excluding carboxylic acids is 1. The molecule has 94 valence electrons. The maximum Gasteiger partial charge on any atom is 0.226 e. The van der Waals surface area contributed by atoms with E-state index < -0.39 is 0 Å². The Balaban J connectivity index is 0.00000128. The molecule has 4 heteroatoms. The Morgan fingerprint density at radius 2 is 2.19 bits per heavy atom. The molecule has 2 fully saturated rings. The van der Waals surface area contributed by atoms with E-state index in [1.165, 1.54) is 12.8 Å². The van der Waals surface area contributed by atoms with Crippen LogP contribution in [-0.2, 0) is 4.79 Å². The Kier molecular flexibility index (Phi) is 5.06. The van der Waals surface area contributed by atoms with Crippen LogP contribution in [-0.4, -0.2) is 25.0 Å². The second-order valence-corrected chi connectivity index (χ2v) is 5.00. The van der Waals surface area contributed by atoms with Gasteiger partial charge in [0.05, 0.1) is 0 Å². The van der Waals surface area contributed by atoms with E-state index in [1.54, 1.807) is 0 Å². The van der Waals surface area contributed by atoms with Crippen LogP contribution in [0.1, 0.15) is 45.4 Å². The normalized spacial score (nSPS) is 27.4. The first-order valence-electron chi connectivity index (χ1n) is 6.28. The van der Waals surface area contributed by atoms with E-state index in [1.807, 2.05) is 0 Å². The lowest BCUT2D eigenvalue weighted by Crippen LogP contribution is -2.52. The van der Waals surface area contributed by atoms with Crippen molar-refractivity contribution < 1.29 is 4.79 Å². The minimum Gasteiger partial charge on any atom is -0.352 e. The highest BCUT2D eigenvalue weighted by molar-refractivity contribution is 5.85. The molecule has 3 nitrogen and oxygen atoms in total. The molecule has 2 rings (SSSR count). The number of carbonyl (C=O) groups is 1. The maximum atomic E-state index is 12.1. The van der Waals surface area contributed by atoms with Gasteiger partial charge >= 0.3 is 0 Å². The minimum absolute atomic E-state index is 0. The van der Waals surface area contributed by atoms with Gasteiger partial charge in [-0.25, -0.2) is 0 Å². The zero-order chi connectivity index (χ0) is 10.7. The predicted octanol–water partition coefficient (Wildman–Crippen LogP) is 1.86. The highest BCUT2D eigenvalue weighted by Gasteiger charge is 2.42. The molecular formula is C12H23ClN2O. The van der Waals surface area contributed by atoms with Gasteiger partial charge in [0, 0.05) is 18.0 Å². The van der Waals surface area contributed by atoms with Crippen molar-refractivity contribution in [3.8, 4) is 0 Å². The number of nitrogens with one attached hydrogen (secondary N) is 2. The number of halogens is 1. The highest BCUT2D eigenvalue weighted by Crippen LogP contribution is 2.44. The average molecular weight is 247 g/mol. The number of hydrogen-bond donors (Lipinski definition) is 2. The Bertz CT molecular complexity index is 230. The van der Waals surface area contributed by atoms with Crippen molar-refractivity contribution in [3.63, 3.8) is 0 Å². The van der Waals surface area contributed by atoms with Crippen molar-refractivity contribution in [3.05, 3.63) is 0 Å². The van der Waals surface area contributed by atoms with Gasteiger partial charge in [-0.1, -0.05) is 13.3 Å². The summed E-state index contributed by atoms with van der Waals surface area (Å²) >= 11 is 0. The lowest BCUT2D eigenvalue weighted by atomic mass is 9.66. The number of piperidine rings is 1. The first kappa shape index (κ1) is 13.8. The molecule has 2 N–H and O–H groups in total. The molecule has 0 aromatic heterocycles. The van der Waals surface area contributed by atoms with Gasteiger partial charge in [0.1, 0.15) is 0 Å². The van der Waals surface area contributed by atoms with E-state index in [-0.39, 0.29) is 17.8 Å². The molecule has 2 aliphatic rings. The maximum absolute atomic E-state index is 12.1. The fourth-order valence-electron chi connectivity index (χ4n) is 2.66. The molecular weight excluding hydrogens is 224 g/mol. The van der Waals surface area contributed by atoms with Crippen LogP contribution in [0.2, 0.25) is 0 Å². The fraction of sp³-hybridized carbons (Fsp3) is 0.917. The monoisotopic (exact) mass is 246 g/mol. The average Bonchev–Trinajstić information content (AvgIpc) is 2.18. The van der Waals surface area contributed by atoms with Crippen LogP contribution in [0, 0.1) is 5.41 Å². The molecule has 1 saturated carbocycles. The zero-order valence-electron chi connectivity index (χ0n) is 10.1. The van der Waals surface area contributed by atoms with Crippen molar-refractivity contribution in [1.82, 2.24) is 10.6 Å². The molecule has 1 aliphatic heterocycles. The van der Waals surface area contributed by atoms with Crippen LogP contribution in [0.4, 0.5) is 0 Å². The third kappa shape index (κ3) is 2.69. The first-order chi connectivity index (χ1) is 7.27. The highest BCUT2D eigenvalue weighted by atomic mass is 35.5. The summed E-state index contributed by atoms with van der Waals surface area (Å²) in [6.45, 7) is 4.19. The molecule has 16 heavy (non-hydrogen) atoms. The topological polar surface area (TPSA) is 41.1 Å². The third-order valence-electron chi connectivity index (χ3n) is 4.10. The summed E-state index contributed by atoms with van der Waals surface area (Å²) in [6, 6.07) is 0.371. The van der Waals surface area contributed by atoms with Gasteiger partial charge in [0.25, 0.3) is 0 Å². The molecule has 1 amide bonds. The fourth-order valence-corrected chi connectivity index (χ4v) is 2.66. The standard InChI is InChI=1S/C12H22N2O.ClH/c1-2-12(6-4-7-12)11(15)14-10-5-3-8-13-9-10;/h10,13H,2-9H2,1H3,(H,14,15);1H/t10-;/m1./s1. The van der Waals surface area contributed by atoms with Crippen LogP contribution in [0.3, 0.4) is 0 Å². The van der Waals surface area contributed by atoms with Crippen molar-refractivity contribution in [2.45, 2.75) is 51.5 Å². The molecule has 0 radical (unpaired) electrons. The summed E-state index contributed by atoms with van der Waals surface area (Å²) in [5.74, 6) is 0.310. The smallest absolute Gasteiger partial charge is 0.226 e. The van der Waals surface area contributed by atoms with Gasteiger partial charge in [-0.3, -0.25) is 4.79 Å². The van der Waals surface area contributed by atoms with Gasteiger partial charge in [-0.2, -0.15) is 0 Å². The van der Waals surface area contributed by atoms with E-state index in [0.717, 1.165) is 38.8 Å². The summed E-state index contributed by atoms with van der Waals surface area (Å²) in [4.78, 5) is 12.1. The Morgan fingerprint density at radius 3 is 2.62 bits per heavy atom. The lowest BCUT2D eigenvalue weighted by molar-refractivity contribution is -0.137. The van der Waals surface area contributed by atoms with Gasteiger partial charge in [-0.05, 0) is 38.6 Å². The quantitative estimate of drug-likeness (QED) is 0.798. The van der Waals surface area contributed by atoms with E-state index in [0.29, 0.717) is 11.9 Å². The van der Waals surface area contributed by atoms with Gasteiger partial charge < -0.3 is 10.6 Å². The summed E-state index contributed by atoms with van der Waals surface area (Å²) in [7, 11) is 0. The summed E-state index contributed by atoms with van der Waals surface area (Å²) in [5, 5.41) is 6.54. The van der Waals surface area contributed by atoms with Gasteiger partial charge in [0.15, 0.2) is 0 Å². The van der Waals surface area contributed by atoms with Crippen molar-refractivity contribution in [2.75, 3.05) is 13.1 Å². The van der Waals surface area contributed by atoms with Crippen LogP contribution in [0.5, 0.6) is 0 Å². The second kappa shape index (κ2) is 5.87. The molecule has 0 aromatic rings. The Hall–Kier alpha value is -0.280. The molecule has 0 bridgehead atoms. The minimum atomic E-state index is -0.00253. The third-order valence-corrected chi connectivity index (χ3v) is 4.10. The Labute approximate surface area is 104 Å². The van der Waals surface area contributed by atoms with Crippen molar-refractivity contribution in [1.29, 1.82) is 0 Å². The van der Waals surface area contributed by atoms with E-state index in [2.05, 4.69) is 17.6 Å². The molecule has 1 saturated heterocycles. The van der Waals surface area contributed by atoms with Crippen LogP contribution in [0.15, 0.2) is 0 Å². The SMILES string of the molecule is CCC1(C(=O)N[C@@H]2CCCNC2)CCC1.Cl. The van der Waals surface area contributed by atoms with E-state index >= 15 is 0 Å². The van der Waals surface area contributed by atoms with Crippen molar-refractivity contribution in [2.24, 2.45) is 5.41 Å². The van der Waals surface area contributed by atoms with E-state index in [4.69, 9.17) is 0 Å². The largest absolute Gasteiger partial charge is 0.352 e. The second-order valence-electron chi connectivity index (χ2n) is 5.00. The molecule has 0 unspecified atom stereocenters. The molecule has 1 atom stereocenters. The van der Waals surface area contributed by atoms with Crippen LogP contribution < -0.4 is 10.6 Å². The lowest BCUT2D eigenvalue weighted by Gasteiger charge is -2.41. The number of rotatable bonds is 3. The van der Waals surface area contributed by atoms with Gasteiger partial charge in [-0.15, -0.1) is 12.4 Å². The predicted molar refractivity (Wildman–Crippen MR) is 67.9 cm³/mol. The summed E-state index contributed by atoms with van der Waals surface area (Å²) < 4.78 is 0. The first-order valence-corrected chi connectivity index (χ1v) is 6.28. The van der Waals surface area contributed by atoms with Gasteiger partial charge in [0.2, 0.25) is 5.91 Å². The molecule has 1 heterocycles. The number of amides is 1. The summed E-state index contributed by atoms with van der Waals surface area (Å²) in [6.07, 6.45) is 6.73.